The lowest BCUT2D eigenvalue weighted by Crippen LogP contribution is -2.41. The van der Waals surface area contributed by atoms with Crippen molar-refractivity contribution in [3.8, 4) is 0 Å². The molecule has 0 aliphatic carbocycles. The summed E-state index contributed by atoms with van der Waals surface area (Å²) in [5.41, 5.74) is 0.664. The summed E-state index contributed by atoms with van der Waals surface area (Å²) < 4.78 is 0.784. The van der Waals surface area contributed by atoms with Gasteiger partial charge in [0.1, 0.15) is 6.04 Å². The maximum absolute atomic E-state index is 11.7. The van der Waals surface area contributed by atoms with Gasteiger partial charge >= 0.3 is 5.97 Å². The van der Waals surface area contributed by atoms with Gasteiger partial charge in [0.25, 0.3) is 0 Å². The molecule has 1 aromatic rings. The quantitative estimate of drug-likeness (QED) is 0.717. The molecule has 1 atom stereocenters. The molecule has 19 heavy (non-hydrogen) atoms. The largest absolute Gasteiger partial charge is 0.480 e. The molecule has 0 saturated carbocycles. The molecular weight excluding hydrogens is 312 g/mol. The molecular formula is C13H17BrN2O3. The van der Waals surface area contributed by atoms with Crippen LogP contribution in [0.4, 0.5) is 5.69 Å². The highest BCUT2D eigenvalue weighted by Gasteiger charge is 2.16. The Morgan fingerprint density at radius 3 is 2.63 bits per heavy atom. The third-order valence-electron chi connectivity index (χ3n) is 2.53. The fraction of sp³-hybridized carbons (Fsp3) is 0.385. The van der Waals surface area contributed by atoms with Gasteiger partial charge in [-0.2, -0.15) is 0 Å². The molecule has 0 aromatic heterocycles. The van der Waals surface area contributed by atoms with Gasteiger partial charge in [0.2, 0.25) is 5.91 Å². The normalized spacial score (nSPS) is 11.9. The molecule has 0 heterocycles. The Bertz CT molecular complexity index is 451. The van der Waals surface area contributed by atoms with Crippen LogP contribution in [0.2, 0.25) is 0 Å². The predicted octanol–water partition coefficient (Wildman–Crippen LogP) is 2.23. The van der Waals surface area contributed by atoms with Gasteiger partial charge in [0.15, 0.2) is 0 Å². The lowest BCUT2D eigenvalue weighted by Gasteiger charge is -2.13. The number of carbonyl (C=O) groups excluding carboxylic acids is 1. The summed E-state index contributed by atoms with van der Waals surface area (Å²) in [6, 6.07) is 6.56. The number of hydrogen-bond donors (Lipinski definition) is 3. The van der Waals surface area contributed by atoms with Crippen molar-refractivity contribution in [1.82, 2.24) is 5.32 Å². The van der Waals surface area contributed by atoms with E-state index in [2.05, 4.69) is 26.6 Å². The number of carbonyl (C=O) groups is 2. The number of rotatable bonds is 7. The Hall–Kier alpha value is -1.40. The molecule has 0 aliphatic heterocycles. The van der Waals surface area contributed by atoms with Crippen LogP contribution < -0.4 is 10.6 Å². The molecule has 1 aromatic carbocycles. The zero-order valence-electron chi connectivity index (χ0n) is 10.6. The van der Waals surface area contributed by atoms with Crippen molar-refractivity contribution >= 4 is 33.5 Å². The van der Waals surface area contributed by atoms with Crippen molar-refractivity contribution in [2.24, 2.45) is 0 Å². The number of anilines is 1. The van der Waals surface area contributed by atoms with Crippen LogP contribution in [0.5, 0.6) is 0 Å². The Labute approximate surface area is 120 Å². The van der Waals surface area contributed by atoms with Crippen LogP contribution in [0.3, 0.4) is 0 Å². The van der Waals surface area contributed by atoms with E-state index in [0.717, 1.165) is 10.9 Å². The van der Waals surface area contributed by atoms with Gasteiger partial charge in [-0.15, -0.1) is 0 Å². The van der Waals surface area contributed by atoms with Crippen LogP contribution in [0.15, 0.2) is 28.7 Å². The van der Waals surface area contributed by atoms with Crippen LogP contribution in [0.25, 0.3) is 0 Å². The molecule has 6 heteroatoms. The van der Waals surface area contributed by atoms with Crippen molar-refractivity contribution in [2.45, 2.75) is 25.8 Å². The molecule has 1 rings (SSSR count). The Morgan fingerprint density at radius 1 is 1.37 bits per heavy atom. The van der Waals surface area contributed by atoms with Gasteiger partial charge in [-0.1, -0.05) is 25.5 Å². The molecule has 3 N–H and O–H groups in total. The van der Waals surface area contributed by atoms with E-state index in [1.54, 1.807) is 6.07 Å². The minimum absolute atomic E-state index is 0.0295. The van der Waals surface area contributed by atoms with Crippen molar-refractivity contribution in [1.29, 1.82) is 0 Å². The van der Waals surface area contributed by atoms with Crippen LogP contribution in [0, 0.1) is 0 Å². The number of halogens is 1. The predicted molar refractivity (Wildman–Crippen MR) is 77.1 cm³/mol. The molecule has 0 saturated heterocycles. The number of aliphatic carboxylic acids is 1. The van der Waals surface area contributed by atoms with E-state index in [0.29, 0.717) is 12.1 Å². The van der Waals surface area contributed by atoms with Gasteiger partial charge in [-0.25, -0.2) is 0 Å². The van der Waals surface area contributed by atoms with Crippen molar-refractivity contribution in [3.63, 3.8) is 0 Å². The first-order valence-corrected chi connectivity index (χ1v) is 6.84. The fourth-order valence-corrected chi connectivity index (χ4v) is 1.96. The summed E-state index contributed by atoms with van der Waals surface area (Å²) in [6.07, 6.45) is 1.24. The number of benzene rings is 1. The van der Waals surface area contributed by atoms with Gasteiger partial charge in [-0.3, -0.25) is 14.9 Å². The van der Waals surface area contributed by atoms with E-state index in [1.807, 2.05) is 25.1 Å². The van der Waals surface area contributed by atoms with Crippen LogP contribution in [-0.2, 0) is 9.59 Å². The highest BCUT2D eigenvalue weighted by molar-refractivity contribution is 9.10. The van der Waals surface area contributed by atoms with E-state index < -0.39 is 12.0 Å². The summed E-state index contributed by atoms with van der Waals surface area (Å²) in [6.45, 7) is 1.87. The van der Waals surface area contributed by atoms with Gasteiger partial charge < -0.3 is 10.4 Å². The average Bonchev–Trinajstić information content (AvgIpc) is 2.37. The molecule has 0 fully saturated rings. The van der Waals surface area contributed by atoms with E-state index in [4.69, 9.17) is 5.11 Å². The smallest absolute Gasteiger partial charge is 0.320 e. The molecule has 1 unspecified atom stereocenters. The van der Waals surface area contributed by atoms with E-state index in [-0.39, 0.29) is 12.5 Å². The number of hydrogen-bond acceptors (Lipinski definition) is 3. The Morgan fingerprint density at radius 2 is 2.05 bits per heavy atom. The highest BCUT2D eigenvalue weighted by Crippen LogP contribution is 2.20. The Balaban J connectivity index is 2.47. The number of amides is 1. The molecule has 0 spiro atoms. The monoisotopic (exact) mass is 328 g/mol. The molecule has 0 aliphatic rings. The molecule has 104 valence electrons. The molecule has 0 bridgehead atoms. The minimum atomic E-state index is -0.935. The van der Waals surface area contributed by atoms with E-state index >= 15 is 0 Å². The van der Waals surface area contributed by atoms with Crippen LogP contribution >= 0.6 is 15.9 Å². The van der Waals surface area contributed by atoms with Crippen LogP contribution in [-0.4, -0.2) is 29.6 Å². The second-order valence-electron chi connectivity index (χ2n) is 4.09. The standard InChI is InChI=1S/C13H17BrN2O3/c1-2-5-11(13(18)19)15-8-12(17)16-10-7-4-3-6-9(10)14/h3-4,6-7,11,15H,2,5,8H2,1H3,(H,16,17)(H,18,19). The first-order chi connectivity index (χ1) is 9.04. The summed E-state index contributed by atoms with van der Waals surface area (Å²) in [5, 5.41) is 14.4. The maximum atomic E-state index is 11.7. The van der Waals surface area contributed by atoms with Crippen molar-refractivity contribution < 1.29 is 14.7 Å². The van der Waals surface area contributed by atoms with Gasteiger partial charge in [0, 0.05) is 4.47 Å². The molecule has 0 radical (unpaired) electrons. The average molecular weight is 329 g/mol. The zero-order valence-corrected chi connectivity index (χ0v) is 12.2. The summed E-state index contributed by atoms with van der Waals surface area (Å²) in [5.74, 6) is -1.20. The fourth-order valence-electron chi connectivity index (χ4n) is 1.57. The Kier molecular flexibility index (Phi) is 6.52. The number of para-hydroxylation sites is 1. The summed E-state index contributed by atoms with van der Waals surface area (Å²) in [4.78, 5) is 22.6. The van der Waals surface area contributed by atoms with Gasteiger partial charge in [0.05, 0.1) is 12.2 Å². The second-order valence-corrected chi connectivity index (χ2v) is 4.94. The van der Waals surface area contributed by atoms with Crippen molar-refractivity contribution in [3.05, 3.63) is 28.7 Å². The first kappa shape index (κ1) is 15.7. The summed E-state index contributed by atoms with van der Waals surface area (Å²) in [7, 11) is 0. The number of carboxylic acids is 1. The SMILES string of the molecule is CCCC(NCC(=O)Nc1ccccc1Br)C(=O)O. The van der Waals surface area contributed by atoms with E-state index in [9.17, 15) is 9.59 Å². The second kappa shape index (κ2) is 7.91. The van der Waals surface area contributed by atoms with Crippen molar-refractivity contribution in [2.75, 3.05) is 11.9 Å². The van der Waals surface area contributed by atoms with E-state index in [1.165, 1.54) is 0 Å². The number of carboxylic acid groups (broad SMARTS) is 1. The highest BCUT2D eigenvalue weighted by atomic mass is 79.9. The van der Waals surface area contributed by atoms with Gasteiger partial charge in [-0.05, 0) is 34.5 Å². The molecule has 1 amide bonds. The lowest BCUT2D eigenvalue weighted by molar-refractivity contribution is -0.139. The topological polar surface area (TPSA) is 78.4 Å². The number of nitrogens with one attached hydrogen (secondary N) is 2. The lowest BCUT2D eigenvalue weighted by atomic mass is 10.2. The van der Waals surface area contributed by atoms with Crippen LogP contribution in [0.1, 0.15) is 19.8 Å². The first-order valence-electron chi connectivity index (χ1n) is 6.05. The maximum Gasteiger partial charge on any atom is 0.320 e. The minimum Gasteiger partial charge on any atom is -0.480 e. The third kappa shape index (κ3) is 5.40. The summed E-state index contributed by atoms with van der Waals surface area (Å²) >= 11 is 3.32. The third-order valence-corrected chi connectivity index (χ3v) is 3.22. The molecule has 5 nitrogen and oxygen atoms in total. The zero-order chi connectivity index (χ0) is 14.3.